The predicted molar refractivity (Wildman–Crippen MR) is 159 cm³/mol. The third kappa shape index (κ3) is 3.91. The average Bonchev–Trinajstić information content (AvgIpc) is 3.28. The number of amides is 1. The van der Waals surface area contributed by atoms with Gasteiger partial charge in [0.05, 0.1) is 35.8 Å². The number of fused-ring (bicyclic) bond motifs is 4. The number of thiol groups is 1. The van der Waals surface area contributed by atoms with Gasteiger partial charge in [-0.2, -0.15) is 12.6 Å². The van der Waals surface area contributed by atoms with Crippen molar-refractivity contribution in [1.29, 1.82) is 0 Å². The van der Waals surface area contributed by atoms with E-state index in [0.29, 0.717) is 35.8 Å². The highest BCUT2D eigenvalue weighted by Crippen LogP contribution is 2.47. The van der Waals surface area contributed by atoms with E-state index in [1.165, 1.54) is 23.7 Å². The first kappa shape index (κ1) is 25.0. The molecule has 0 radical (unpaired) electrons. The predicted octanol–water partition coefficient (Wildman–Crippen LogP) is 4.93. The Hall–Kier alpha value is -3.76. The molecule has 10 heteroatoms. The molecule has 0 spiro atoms. The molecule has 2 aromatic carbocycles. The fourth-order valence-electron chi connectivity index (χ4n) is 6.98. The average molecular weight is 569 g/mol. The van der Waals surface area contributed by atoms with Crippen LogP contribution in [0.2, 0.25) is 0 Å². The van der Waals surface area contributed by atoms with Crippen LogP contribution in [0.15, 0.2) is 59.3 Å². The van der Waals surface area contributed by atoms with Crippen molar-refractivity contribution in [2.24, 2.45) is 17.6 Å². The quantitative estimate of drug-likeness (QED) is 0.213. The van der Waals surface area contributed by atoms with Gasteiger partial charge in [-0.25, -0.2) is 4.98 Å². The van der Waals surface area contributed by atoms with E-state index in [4.69, 9.17) is 32.6 Å². The molecule has 5 aromatic rings. The molecule has 3 fully saturated rings. The fraction of sp³-hybridized carbons (Fsp3) is 0.387. The highest BCUT2D eigenvalue weighted by Gasteiger charge is 2.55. The number of hydrogen-bond donors (Lipinski definition) is 2. The van der Waals surface area contributed by atoms with E-state index in [9.17, 15) is 4.79 Å². The summed E-state index contributed by atoms with van der Waals surface area (Å²) in [6.45, 7) is 2.01. The molecular weight excluding hydrogens is 536 g/mol. The molecule has 2 bridgehead atoms. The van der Waals surface area contributed by atoms with Crippen LogP contribution in [0.1, 0.15) is 41.7 Å². The lowest BCUT2D eigenvalue weighted by Gasteiger charge is -2.29. The molecule has 210 valence electrons. The molecule has 3 atom stereocenters. The first-order chi connectivity index (χ1) is 19.9. The van der Waals surface area contributed by atoms with Crippen LogP contribution in [0.25, 0.3) is 33.5 Å². The second kappa shape index (κ2) is 9.12. The van der Waals surface area contributed by atoms with Crippen molar-refractivity contribution in [3.05, 3.63) is 66.1 Å². The molecule has 1 saturated heterocycles. The number of hydrogen-bond acceptors (Lipinski definition) is 7. The number of carbonyl (C=O) groups is 1. The second-order valence-corrected chi connectivity index (χ2v) is 12.6. The van der Waals surface area contributed by atoms with E-state index in [2.05, 4.69) is 44.6 Å². The van der Waals surface area contributed by atoms with Crippen LogP contribution in [0.5, 0.6) is 5.75 Å². The number of likely N-dealkylation sites (tertiary alicyclic amines) is 1. The molecule has 3 aromatic heterocycles. The minimum Gasteiger partial charge on any atom is -0.494 e. The van der Waals surface area contributed by atoms with Crippen LogP contribution in [0.4, 0.5) is 0 Å². The first-order valence-corrected chi connectivity index (χ1v) is 14.8. The van der Waals surface area contributed by atoms with Crippen LogP contribution in [-0.4, -0.2) is 54.6 Å². The Kier molecular flexibility index (Phi) is 5.56. The molecule has 4 heterocycles. The van der Waals surface area contributed by atoms with Gasteiger partial charge in [-0.05, 0) is 55.9 Å². The number of piperidine rings is 1. The number of nitrogens with two attached hydrogens (primary N) is 1. The molecule has 2 unspecified atom stereocenters. The Morgan fingerprint density at radius 2 is 2.00 bits per heavy atom. The number of nitrogens with zero attached hydrogens (tertiary/aromatic N) is 5. The van der Waals surface area contributed by atoms with Gasteiger partial charge in [-0.15, -0.1) is 0 Å². The number of benzene rings is 2. The monoisotopic (exact) mass is 568 g/mol. The lowest BCUT2D eigenvalue weighted by Crippen LogP contribution is -2.47. The van der Waals surface area contributed by atoms with Gasteiger partial charge in [0.25, 0.3) is 5.91 Å². The van der Waals surface area contributed by atoms with E-state index in [0.717, 1.165) is 42.1 Å². The van der Waals surface area contributed by atoms with Gasteiger partial charge in [0, 0.05) is 41.5 Å². The van der Waals surface area contributed by atoms with Gasteiger partial charge in [0.1, 0.15) is 23.2 Å². The molecule has 2 aliphatic carbocycles. The maximum Gasteiger partial charge on any atom is 0.254 e. The van der Waals surface area contributed by atoms with Crippen molar-refractivity contribution >= 4 is 40.5 Å². The van der Waals surface area contributed by atoms with Crippen LogP contribution >= 0.6 is 12.6 Å². The Balaban J connectivity index is 1.30. The summed E-state index contributed by atoms with van der Waals surface area (Å²) in [5.41, 5.74) is 11.6. The van der Waals surface area contributed by atoms with Gasteiger partial charge in [0.2, 0.25) is 0 Å². The van der Waals surface area contributed by atoms with Crippen molar-refractivity contribution in [2.75, 3.05) is 13.7 Å². The second-order valence-electron chi connectivity index (χ2n) is 11.8. The van der Waals surface area contributed by atoms with Crippen LogP contribution in [-0.2, 0) is 13.1 Å². The molecule has 1 amide bonds. The maximum atomic E-state index is 13.9. The van der Waals surface area contributed by atoms with Crippen LogP contribution in [0.3, 0.4) is 0 Å². The topological polar surface area (TPSA) is 104 Å². The lowest BCUT2D eigenvalue weighted by atomic mass is 10.1. The number of rotatable bonds is 7. The summed E-state index contributed by atoms with van der Waals surface area (Å²) in [6.07, 6.45) is 5.94. The molecule has 41 heavy (non-hydrogen) atoms. The fourth-order valence-corrected chi connectivity index (χ4v) is 7.46. The van der Waals surface area contributed by atoms with Crippen molar-refractivity contribution in [3.63, 3.8) is 0 Å². The van der Waals surface area contributed by atoms with Gasteiger partial charge in [0.15, 0.2) is 5.82 Å². The molecule has 9 nitrogen and oxygen atoms in total. The number of ether oxygens (including phenoxy) is 1. The summed E-state index contributed by atoms with van der Waals surface area (Å²) in [4.78, 5) is 20.3. The van der Waals surface area contributed by atoms with Gasteiger partial charge in [-0.1, -0.05) is 23.4 Å². The third-order valence-corrected chi connectivity index (χ3v) is 9.96. The third-order valence-electron chi connectivity index (χ3n) is 9.29. The van der Waals surface area contributed by atoms with Crippen molar-refractivity contribution in [2.45, 2.75) is 49.7 Å². The zero-order valence-corrected chi connectivity index (χ0v) is 23.8. The normalized spacial score (nSPS) is 23.7. The summed E-state index contributed by atoms with van der Waals surface area (Å²) in [5, 5.41) is 5.37. The van der Waals surface area contributed by atoms with E-state index in [-0.39, 0.29) is 17.9 Å². The molecular formula is C31H32N6O3S. The van der Waals surface area contributed by atoms with E-state index in [1.807, 2.05) is 23.1 Å². The number of carbonyl (C=O) groups excluding carboxylic acids is 1. The van der Waals surface area contributed by atoms with Gasteiger partial charge < -0.3 is 29.0 Å². The molecule has 3 aliphatic rings. The summed E-state index contributed by atoms with van der Waals surface area (Å²) >= 11 is 4.75. The van der Waals surface area contributed by atoms with Crippen molar-refractivity contribution in [3.8, 4) is 17.3 Å². The Morgan fingerprint density at radius 1 is 1.15 bits per heavy atom. The lowest BCUT2D eigenvalue weighted by molar-refractivity contribution is 0.0698. The first-order valence-electron chi connectivity index (χ1n) is 14.3. The summed E-state index contributed by atoms with van der Waals surface area (Å²) in [6, 6.07) is 16.2. The maximum absolute atomic E-state index is 13.9. The van der Waals surface area contributed by atoms with E-state index in [1.54, 1.807) is 13.4 Å². The number of aromatic nitrogens is 4. The van der Waals surface area contributed by atoms with Crippen molar-refractivity contribution in [1.82, 2.24) is 24.2 Å². The highest BCUT2D eigenvalue weighted by molar-refractivity contribution is 7.81. The Morgan fingerprint density at radius 3 is 2.71 bits per heavy atom. The zero-order chi connectivity index (χ0) is 27.9. The Bertz CT molecular complexity index is 1800. The zero-order valence-electron chi connectivity index (χ0n) is 22.9. The number of imidazole rings is 1. The summed E-state index contributed by atoms with van der Waals surface area (Å²) < 4.78 is 15.6. The van der Waals surface area contributed by atoms with Gasteiger partial charge >= 0.3 is 0 Å². The minimum absolute atomic E-state index is 0.0586. The molecule has 1 aliphatic heterocycles. The standard InChI is InChI=1S/C31H32N6O3S/c1-39-26-14-20(30(38)36-16-21-8-9-27(36)31(21,32)41)12-23-28(26)37(17-22-10-11-40-34-22)29(33-23)25-13-19-4-2-3-5-24(19)35(25)15-18-6-7-18/h2-5,10-14,18,21,27,41H,6-9,15-17,32H2,1H3/t21?,27?,31-/m1/s1. The van der Waals surface area contributed by atoms with E-state index >= 15 is 0 Å². The van der Waals surface area contributed by atoms with Crippen LogP contribution in [0, 0.1) is 11.8 Å². The number of methoxy groups -OCH3 is 1. The minimum atomic E-state index is -0.648. The number of para-hydroxylation sites is 1. The highest BCUT2D eigenvalue weighted by atomic mass is 32.1. The Labute approximate surface area is 242 Å². The summed E-state index contributed by atoms with van der Waals surface area (Å²) in [5.74, 6) is 2.21. The van der Waals surface area contributed by atoms with Crippen molar-refractivity contribution < 1.29 is 14.1 Å². The van der Waals surface area contributed by atoms with Gasteiger partial charge in [-0.3, -0.25) is 4.79 Å². The molecule has 2 N–H and O–H groups in total. The molecule has 2 saturated carbocycles. The SMILES string of the molecule is COc1cc(C(=O)N2CC3CCC2[C@]3(N)S)cc2nc(-c3cc4ccccc4n3CC3CC3)n(Cc3ccon3)c12. The largest absolute Gasteiger partial charge is 0.494 e. The van der Waals surface area contributed by atoms with E-state index < -0.39 is 4.87 Å². The molecule has 8 rings (SSSR count). The summed E-state index contributed by atoms with van der Waals surface area (Å²) in [7, 11) is 1.64. The smallest absolute Gasteiger partial charge is 0.254 e. The van der Waals surface area contributed by atoms with Crippen LogP contribution < -0.4 is 10.5 Å².